The Morgan fingerprint density at radius 1 is 1.25 bits per heavy atom. The fraction of sp³-hybridized carbons (Fsp3) is 0.0769. The topological polar surface area (TPSA) is 85.8 Å². The normalized spacial score (nSPS) is 10.6. The number of benzene rings is 1. The van der Waals surface area contributed by atoms with Crippen LogP contribution in [-0.4, -0.2) is 35.9 Å². The van der Waals surface area contributed by atoms with Crippen LogP contribution >= 0.6 is 0 Å². The Hall–Kier alpha value is -2.96. The lowest BCUT2D eigenvalue weighted by Crippen LogP contribution is -2.01. The number of aromatic nitrogens is 5. The van der Waals surface area contributed by atoms with Gasteiger partial charge in [-0.1, -0.05) is 17.3 Å². The first-order valence-electron chi connectivity index (χ1n) is 5.95. The van der Waals surface area contributed by atoms with Gasteiger partial charge in [0.2, 0.25) is 0 Å². The van der Waals surface area contributed by atoms with E-state index in [0.717, 1.165) is 11.3 Å². The van der Waals surface area contributed by atoms with E-state index in [1.807, 2.05) is 36.5 Å². The molecule has 3 aromatic rings. The van der Waals surface area contributed by atoms with E-state index >= 15 is 0 Å². The zero-order valence-electron chi connectivity index (χ0n) is 10.4. The van der Waals surface area contributed by atoms with Gasteiger partial charge in [-0.05, 0) is 23.8 Å². The Bertz CT molecular complexity index is 716. The third-order valence-corrected chi connectivity index (χ3v) is 2.81. The van der Waals surface area contributed by atoms with E-state index in [1.54, 1.807) is 10.9 Å². The van der Waals surface area contributed by atoms with E-state index in [2.05, 4.69) is 15.4 Å². The van der Waals surface area contributed by atoms with Crippen LogP contribution in [0.15, 0.2) is 48.9 Å². The van der Waals surface area contributed by atoms with Gasteiger partial charge in [-0.2, -0.15) is 5.10 Å². The zero-order chi connectivity index (χ0) is 13.9. The molecule has 0 saturated carbocycles. The van der Waals surface area contributed by atoms with Crippen LogP contribution < -0.4 is 0 Å². The van der Waals surface area contributed by atoms with Gasteiger partial charge in [-0.15, -0.1) is 5.10 Å². The molecule has 0 aliphatic heterocycles. The molecule has 0 aliphatic rings. The van der Waals surface area contributed by atoms with Crippen molar-refractivity contribution in [3.8, 4) is 5.69 Å². The van der Waals surface area contributed by atoms with E-state index in [1.165, 1.54) is 10.9 Å². The maximum Gasteiger partial charge on any atom is 0.358 e. The molecule has 0 fully saturated rings. The van der Waals surface area contributed by atoms with Crippen LogP contribution in [0.1, 0.15) is 16.1 Å². The third kappa shape index (κ3) is 2.41. The van der Waals surface area contributed by atoms with E-state index in [9.17, 15) is 4.79 Å². The Morgan fingerprint density at radius 2 is 2.05 bits per heavy atom. The van der Waals surface area contributed by atoms with Gasteiger partial charge in [-0.3, -0.25) is 0 Å². The smallest absolute Gasteiger partial charge is 0.358 e. The molecule has 1 N–H and O–H groups in total. The molecule has 0 saturated heterocycles. The van der Waals surface area contributed by atoms with Crippen molar-refractivity contribution >= 4 is 5.97 Å². The maximum atomic E-state index is 10.7. The Kier molecular flexibility index (Phi) is 3.00. The average Bonchev–Trinajstić information content (AvgIpc) is 3.10. The molecule has 20 heavy (non-hydrogen) atoms. The van der Waals surface area contributed by atoms with Gasteiger partial charge in [-0.25, -0.2) is 14.2 Å². The number of aromatic carboxylic acids is 1. The molecule has 0 unspecified atom stereocenters. The summed E-state index contributed by atoms with van der Waals surface area (Å²) in [6, 6.07) is 9.63. The summed E-state index contributed by atoms with van der Waals surface area (Å²) in [6.45, 7) is 0.472. The van der Waals surface area contributed by atoms with Gasteiger partial charge < -0.3 is 5.11 Å². The molecule has 7 heteroatoms. The molecule has 100 valence electrons. The minimum absolute atomic E-state index is 0.0573. The van der Waals surface area contributed by atoms with Crippen molar-refractivity contribution in [3.63, 3.8) is 0 Å². The molecule has 7 nitrogen and oxygen atoms in total. The van der Waals surface area contributed by atoms with E-state index in [-0.39, 0.29) is 5.69 Å². The number of carbonyl (C=O) groups is 1. The highest BCUT2D eigenvalue weighted by Crippen LogP contribution is 2.09. The minimum atomic E-state index is -1.08. The van der Waals surface area contributed by atoms with Crippen LogP contribution in [0.5, 0.6) is 0 Å². The number of hydrogen-bond acceptors (Lipinski definition) is 4. The number of hydrogen-bond donors (Lipinski definition) is 1. The first kappa shape index (κ1) is 12.1. The predicted molar refractivity (Wildman–Crippen MR) is 69.6 cm³/mol. The van der Waals surface area contributed by atoms with Crippen molar-refractivity contribution in [2.75, 3.05) is 0 Å². The highest BCUT2D eigenvalue weighted by atomic mass is 16.4. The third-order valence-electron chi connectivity index (χ3n) is 2.81. The second-order valence-corrected chi connectivity index (χ2v) is 4.22. The lowest BCUT2D eigenvalue weighted by atomic mass is 10.2. The van der Waals surface area contributed by atoms with Crippen molar-refractivity contribution in [3.05, 3.63) is 60.2 Å². The summed E-state index contributed by atoms with van der Waals surface area (Å²) in [6.07, 6.45) is 4.99. The second kappa shape index (κ2) is 4.96. The average molecular weight is 269 g/mol. The summed E-state index contributed by atoms with van der Waals surface area (Å²) in [5, 5.41) is 20.3. The lowest BCUT2D eigenvalue weighted by Gasteiger charge is -2.04. The van der Waals surface area contributed by atoms with Crippen LogP contribution in [-0.2, 0) is 6.54 Å². The van der Waals surface area contributed by atoms with Crippen LogP contribution in [0, 0.1) is 0 Å². The molecular weight excluding hydrogens is 258 g/mol. The van der Waals surface area contributed by atoms with Gasteiger partial charge in [0.05, 0.1) is 18.4 Å². The molecule has 2 aromatic heterocycles. The summed E-state index contributed by atoms with van der Waals surface area (Å²) in [5.41, 5.74) is 1.91. The fourth-order valence-corrected chi connectivity index (χ4v) is 1.84. The predicted octanol–water partition coefficient (Wildman–Crippen LogP) is 1.21. The summed E-state index contributed by atoms with van der Waals surface area (Å²) in [5.74, 6) is -1.08. The molecule has 0 spiro atoms. The van der Waals surface area contributed by atoms with Crippen molar-refractivity contribution in [2.24, 2.45) is 0 Å². The summed E-state index contributed by atoms with van der Waals surface area (Å²) < 4.78 is 3.26. The second-order valence-electron chi connectivity index (χ2n) is 4.22. The van der Waals surface area contributed by atoms with Gasteiger partial charge in [0.15, 0.2) is 5.69 Å². The summed E-state index contributed by atoms with van der Waals surface area (Å²) in [4.78, 5) is 10.7. The van der Waals surface area contributed by atoms with Crippen molar-refractivity contribution in [2.45, 2.75) is 6.54 Å². The Balaban J connectivity index is 1.76. The van der Waals surface area contributed by atoms with Crippen molar-refractivity contribution < 1.29 is 9.90 Å². The highest BCUT2D eigenvalue weighted by Gasteiger charge is 2.08. The van der Waals surface area contributed by atoms with Gasteiger partial charge in [0.1, 0.15) is 0 Å². The van der Waals surface area contributed by atoms with Gasteiger partial charge >= 0.3 is 5.97 Å². The van der Waals surface area contributed by atoms with Crippen molar-refractivity contribution in [1.29, 1.82) is 0 Å². The molecule has 0 radical (unpaired) electrons. The fourth-order valence-electron chi connectivity index (χ4n) is 1.84. The van der Waals surface area contributed by atoms with Crippen LogP contribution in [0.25, 0.3) is 5.69 Å². The van der Waals surface area contributed by atoms with Crippen LogP contribution in [0.3, 0.4) is 0 Å². The number of carboxylic acid groups (broad SMARTS) is 1. The Labute approximate surface area is 114 Å². The molecule has 1 aromatic carbocycles. The molecule has 0 amide bonds. The first-order valence-corrected chi connectivity index (χ1v) is 5.95. The quantitative estimate of drug-likeness (QED) is 0.769. The highest BCUT2D eigenvalue weighted by molar-refractivity contribution is 5.84. The van der Waals surface area contributed by atoms with Crippen LogP contribution in [0.2, 0.25) is 0 Å². The Morgan fingerprint density at radius 3 is 2.65 bits per heavy atom. The number of nitrogens with zero attached hydrogens (tertiary/aromatic N) is 5. The van der Waals surface area contributed by atoms with Crippen LogP contribution in [0.4, 0.5) is 0 Å². The van der Waals surface area contributed by atoms with Gasteiger partial charge in [0, 0.05) is 12.4 Å². The molecule has 0 bridgehead atoms. The largest absolute Gasteiger partial charge is 0.476 e. The molecule has 3 rings (SSSR count). The van der Waals surface area contributed by atoms with E-state index in [4.69, 9.17) is 5.11 Å². The summed E-state index contributed by atoms with van der Waals surface area (Å²) in [7, 11) is 0. The maximum absolute atomic E-state index is 10.7. The van der Waals surface area contributed by atoms with E-state index in [0.29, 0.717) is 6.54 Å². The first-order chi connectivity index (χ1) is 9.72. The van der Waals surface area contributed by atoms with Gasteiger partial charge in [0.25, 0.3) is 0 Å². The number of rotatable bonds is 4. The monoisotopic (exact) mass is 269 g/mol. The summed E-state index contributed by atoms with van der Waals surface area (Å²) >= 11 is 0. The molecule has 0 atom stereocenters. The van der Waals surface area contributed by atoms with E-state index < -0.39 is 5.97 Å². The molecule has 2 heterocycles. The number of carboxylic acids is 1. The van der Waals surface area contributed by atoms with Crippen molar-refractivity contribution in [1.82, 2.24) is 24.8 Å². The molecular formula is C13H11N5O2. The zero-order valence-corrected chi connectivity index (χ0v) is 10.4. The molecule has 0 aliphatic carbocycles. The SMILES string of the molecule is O=C(O)c1cn(Cc2ccc(-n3cccn3)cc2)nn1. The minimum Gasteiger partial charge on any atom is -0.476 e. The standard InChI is InChI=1S/C13H11N5O2/c19-13(20)12-9-17(16-15-12)8-10-2-4-11(5-3-10)18-7-1-6-14-18/h1-7,9H,8H2,(H,19,20). The lowest BCUT2D eigenvalue weighted by molar-refractivity contribution is 0.0690.